The van der Waals surface area contributed by atoms with Gasteiger partial charge in [-0.2, -0.15) is 0 Å². The molecule has 0 saturated carbocycles. The highest BCUT2D eigenvalue weighted by molar-refractivity contribution is 5.67. The molecule has 112 valence electrons. The first-order chi connectivity index (χ1) is 11.2. The number of hydrogen-bond acceptors (Lipinski definition) is 4. The van der Waals surface area contributed by atoms with Crippen molar-refractivity contribution in [2.45, 2.75) is 0 Å². The summed E-state index contributed by atoms with van der Waals surface area (Å²) in [6.07, 6.45) is 5.41. The third-order valence-corrected chi connectivity index (χ3v) is 3.72. The van der Waals surface area contributed by atoms with Crippen molar-refractivity contribution in [3.63, 3.8) is 0 Å². The number of phenolic OH excluding ortho intramolecular Hbond substituents is 2. The molecule has 2 N–H and O–H groups in total. The predicted octanol–water partition coefficient (Wildman–Crippen LogP) is 3.47. The SMILES string of the molecule is Oc1ccc(-c2cn3c(-c4ccc(O)cc4)cnc3cn2)cc1. The summed E-state index contributed by atoms with van der Waals surface area (Å²) in [5, 5.41) is 18.8. The van der Waals surface area contributed by atoms with Crippen molar-refractivity contribution in [2.75, 3.05) is 0 Å². The molecule has 4 aromatic rings. The monoisotopic (exact) mass is 303 g/mol. The topological polar surface area (TPSA) is 70.7 Å². The van der Waals surface area contributed by atoms with Gasteiger partial charge in [0.25, 0.3) is 0 Å². The van der Waals surface area contributed by atoms with E-state index >= 15 is 0 Å². The second-order valence-corrected chi connectivity index (χ2v) is 5.24. The van der Waals surface area contributed by atoms with Crippen LogP contribution in [-0.4, -0.2) is 24.6 Å². The Morgan fingerprint density at radius 3 is 1.96 bits per heavy atom. The highest BCUT2D eigenvalue weighted by Crippen LogP contribution is 2.25. The lowest BCUT2D eigenvalue weighted by atomic mass is 10.1. The summed E-state index contributed by atoms with van der Waals surface area (Å²) >= 11 is 0. The van der Waals surface area contributed by atoms with Crippen LogP contribution >= 0.6 is 0 Å². The van der Waals surface area contributed by atoms with Crippen molar-refractivity contribution < 1.29 is 10.2 Å². The summed E-state index contributed by atoms with van der Waals surface area (Å²) < 4.78 is 1.96. The Labute approximate surface area is 132 Å². The molecule has 0 saturated heterocycles. The molecular formula is C18H13N3O2. The number of benzene rings is 2. The summed E-state index contributed by atoms with van der Waals surface area (Å²) in [6.45, 7) is 0. The van der Waals surface area contributed by atoms with Gasteiger partial charge in [0.2, 0.25) is 0 Å². The highest BCUT2D eigenvalue weighted by atomic mass is 16.3. The van der Waals surface area contributed by atoms with E-state index in [2.05, 4.69) is 9.97 Å². The van der Waals surface area contributed by atoms with Gasteiger partial charge in [0.15, 0.2) is 5.65 Å². The van der Waals surface area contributed by atoms with E-state index < -0.39 is 0 Å². The van der Waals surface area contributed by atoms with Crippen LogP contribution in [0.25, 0.3) is 28.2 Å². The van der Waals surface area contributed by atoms with Gasteiger partial charge in [-0.1, -0.05) is 0 Å². The molecule has 0 radical (unpaired) electrons. The Kier molecular flexibility index (Phi) is 2.98. The smallest absolute Gasteiger partial charge is 0.155 e. The van der Waals surface area contributed by atoms with Gasteiger partial charge in [0, 0.05) is 17.3 Å². The molecule has 0 aliphatic heterocycles. The maximum atomic E-state index is 9.43. The molecule has 0 unspecified atom stereocenters. The first-order valence-electron chi connectivity index (χ1n) is 7.12. The second-order valence-electron chi connectivity index (χ2n) is 5.24. The van der Waals surface area contributed by atoms with E-state index in [1.807, 2.05) is 34.9 Å². The summed E-state index contributed by atoms with van der Waals surface area (Å²) in [6, 6.07) is 13.9. The molecule has 2 aromatic heterocycles. The average molecular weight is 303 g/mol. The number of hydrogen-bond donors (Lipinski definition) is 2. The molecule has 2 heterocycles. The van der Waals surface area contributed by atoms with Gasteiger partial charge in [-0.15, -0.1) is 0 Å². The van der Waals surface area contributed by atoms with E-state index in [4.69, 9.17) is 0 Å². The lowest BCUT2D eigenvalue weighted by Gasteiger charge is -2.05. The van der Waals surface area contributed by atoms with Crippen molar-refractivity contribution in [3.8, 4) is 34.0 Å². The van der Waals surface area contributed by atoms with E-state index in [0.717, 1.165) is 28.2 Å². The summed E-state index contributed by atoms with van der Waals surface area (Å²) in [5.41, 5.74) is 4.32. The minimum atomic E-state index is 0.224. The fraction of sp³-hybridized carbons (Fsp3) is 0. The molecule has 0 bridgehead atoms. The fourth-order valence-corrected chi connectivity index (χ4v) is 2.52. The molecule has 2 aromatic carbocycles. The van der Waals surface area contributed by atoms with Gasteiger partial charge in [-0.25, -0.2) is 4.98 Å². The third kappa shape index (κ3) is 2.38. The van der Waals surface area contributed by atoms with Crippen molar-refractivity contribution in [2.24, 2.45) is 0 Å². The maximum Gasteiger partial charge on any atom is 0.155 e. The van der Waals surface area contributed by atoms with E-state index in [1.165, 1.54) is 0 Å². The lowest BCUT2D eigenvalue weighted by molar-refractivity contribution is 0.475. The molecule has 0 amide bonds. The zero-order valence-electron chi connectivity index (χ0n) is 12.1. The molecule has 0 atom stereocenters. The van der Waals surface area contributed by atoms with Crippen molar-refractivity contribution in [1.82, 2.24) is 14.4 Å². The summed E-state index contributed by atoms with van der Waals surface area (Å²) in [5.74, 6) is 0.455. The van der Waals surface area contributed by atoms with Gasteiger partial charge in [-0.05, 0) is 48.5 Å². The normalized spacial score (nSPS) is 11.0. The van der Waals surface area contributed by atoms with Crippen LogP contribution in [0.2, 0.25) is 0 Å². The Morgan fingerprint density at radius 2 is 1.30 bits per heavy atom. The number of fused-ring (bicyclic) bond motifs is 1. The van der Waals surface area contributed by atoms with Gasteiger partial charge < -0.3 is 10.2 Å². The molecule has 5 nitrogen and oxygen atoms in total. The van der Waals surface area contributed by atoms with Crippen LogP contribution in [0.5, 0.6) is 11.5 Å². The number of nitrogens with zero attached hydrogens (tertiary/aromatic N) is 3. The minimum absolute atomic E-state index is 0.224. The van der Waals surface area contributed by atoms with Crippen LogP contribution in [0.1, 0.15) is 0 Å². The Bertz CT molecular complexity index is 974. The average Bonchev–Trinajstić information content (AvgIpc) is 2.99. The summed E-state index contributed by atoms with van der Waals surface area (Å²) in [7, 11) is 0. The van der Waals surface area contributed by atoms with Crippen LogP contribution in [-0.2, 0) is 0 Å². The standard InChI is InChI=1S/C18H13N3O2/c22-14-5-1-12(2-6-14)16-11-21-17(9-20-18(21)10-19-16)13-3-7-15(23)8-4-13/h1-11,22-23H. The van der Waals surface area contributed by atoms with Gasteiger partial charge >= 0.3 is 0 Å². The Balaban J connectivity index is 1.86. The van der Waals surface area contributed by atoms with Crippen molar-refractivity contribution in [3.05, 3.63) is 67.1 Å². The van der Waals surface area contributed by atoms with Crippen molar-refractivity contribution in [1.29, 1.82) is 0 Å². The maximum absolute atomic E-state index is 9.43. The minimum Gasteiger partial charge on any atom is -0.508 e. The molecule has 0 spiro atoms. The van der Waals surface area contributed by atoms with Crippen LogP contribution in [0.15, 0.2) is 67.1 Å². The third-order valence-electron chi connectivity index (χ3n) is 3.72. The first kappa shape index (κ1) is 13.3. The summed E-state index contributed by atoms with van der Waals surface area (Å²) in [4.78, 5) is 8.79. The van der Waals surface area contributed by atoms with Crippen LogP contribution < -0.4 is 0 Å². The Hall–Kier alpha value is -3.34. The van der Waals surface area contributed by atoms with Crippen molar-refractivity contribution >= 4 is 5.65 Å². The van der Waals surface area contributed by atoms with Gasteiger partial charge in [0.05, 0.1) is 23.8 Å². The number of imidazole rings is 1. The van der Waals surface area contributed by atoms with Crippen LogP contribution in [0.3, 0.4) is 0 Å². The quantitative estimate of drug-likeness (QED) is 0.595. The zero-order valence-corrected chi connectivity index (χ0v) is 12.1. The molecule has 0 aliphatic rings. The molecule has 0 fully saturated rings. The van der Waals surface area contributed by atoms with E-state index in [0.29, 0.717) is 0 Å². The molecule has 4 rings (SSSR count). The van der Waals surface area contributed by atoms with E-state index in [-0.39, 0.29) is 11.5 Å². The highest BCUT2D eigenvalue weighted by Gasteiger charge is 2.08. The van der Waals surface area contributed by atoms with Gasteiger partial charge in [-0.3, -0.25) is 9.38 Å². The molecule has 0 aliphatic carbocycles. The second kappa shape index (κ2) is 5.14. The van der Waals surface area contributed by atoms with Gasteiger partial charge in [0.1, 0.15) is 11.5 Å². The number of rotatable bonds is 2. The van der Waals surface area contributed by atoms with E-state index in [1.54, 1.807) is 36.7 Å². The molecule has 23 heavy (non-hydrogen) atoms. The molecule has 5 heteroatoms. The van der Waals surface area contributed by atoms with Crippen LogP contribution in [0.4, 0.5) is 0 Å². The largest absolute Gasteiger partial charge is 0.508 e. The lowest BCUT2D eigenvalue weighted by Crippen LogP contribution is -1.92. The first-order valence-corrected chi connectivity index (χ1v) is 7.12. The number of aromatic nitrogens is 3. The molecular weight excluding hydrogens is 290 g/mol. The van der Waals surface area contributed by atoms with E-state index in [9.17, 15) is 10.2 Å². The number of phenols is 2. The predicted molar refractivity (Wildman–Crippen MR) is 87.2 cm³/mol. The number of aromatic hydroxyl groups is 2. The fourth-order valence-electron chi connectivity index (χ4n) is 2.52. The zero-order chi connectivity index (χ0) is 15.8. The Morgan fingerprint density at radius 1 is 0.696 bits per heavy atom. The van der Waals surface area contributed by atoms with Crippen LogP contribution in [0, 0.1) is 0 Å².